The molecule has 1 heterocycles. The number of methoxy groups -OCH3 is 1. The van der Waals surface area contributed by atoms with Crippen LogP contribution in [0.3, 0.4) is 0 Å². The van der Waals surface area contributed by atoms with Gasteiger partial charge in [0.25, 0.3) is 5.22 Å². The normalized spacial score (nSPS) is 10.6. The summed E-state index contributed by atoms with van der Waals surface area (Å²) in [5.74, 6) is 1.20. The second-order valence-electron chi connectivity index (χ2n) is 5.40. The van der Waals surface area contributed by atoms with E-state index in [-0.39, 0.29) is 11.7 Å². The Hall–Kier alpha value is -2.32. The van der Waals surface area contributed by atoms with Crippen molar-refractivity contribution in [3.05, 3.63) is 52.5 Å². The topological polar surface area (TPSA) is 77.2 Å². The van der Waals surface area contributed by atoms with Crippen molar-refractivity contribution in [1.82, 2.24) is 10.2 Å². The fourth-order valence-electron chi connectivity index (χ4n) is 2.17. The Labute approximate surface area is 163 Å². The predicted octanol–water partition coefficient (Wildman–Crippen LogP) is 4.55. The molecule has 134 valence electrons. The minimum absolute atomic E-state index is 0.138. The zero-order chi connectivity index (χ0) is 18.5. The van der Waals surface area contributed by atoms with Gasteiger partial charge in [0.2, 0.25) is 11.8 Å². The van der Waals surface area contributed by atoms with Gasteiger partial charge in [-0.15, -0.1) is 10.2 Å². The summed E-state index contributed by atoms with van der Waals surface area (Å²) in [6.07, 6.45) is 0. The average Bonchev–Trinajstić information content (AvgIpc) is 3.12. The van der Waals surface area contributed by atoms with Crippen molar-refractivity contribution in [3.8, 4) is 17.2 Å². The number of thioether (sulfide) groups is 1. The van der Waals surface area contributed by atoms with E-state index in [1.54, 1.807) is 7.11 Å². The number of ether oxygens (including phenoxy) is 1. The Kier molecular flexibility index (Phi) is 5.95. The maximum atomic E-state index is 12.1. The van der Waals surface area contributed by atoms with Gasteiger partial charge in [0.1, 0.15) is 5.75 Å². The molecule has 8 heteroatoms. The van der Waals surface area contributed by atoms with Crippen molar-refractivity contribution >= 4 is 39.3 Å². The van der Waals surface area contributed by atoms with Gasteiger partial charge in [0.05, 0.1) is 12.9 Å². The molecule has 2 aromatic carbocycles. The molecule has 1 N–H and O–H groups in total. The number of aryl methyl sites for hydroxylation is 1. The molecule has 0 fully saturated rings. The number of aromatic nitrogens is 2. The molecule has 0 saturated carbocycles. The molecule has 0 saturated heterocycles. The van der Waals surface area contributed by atoms with Crippen LogP contribution in [0, 0.1) is 6.92 Å². The molecule has 6 nitrogen and oxygen atoms in total. The SMILES string of the molecule is COc1ccc(-c2nnc(SCC(=O)Nc3ccc(Br)c(C)c3)o2)cc1. The van der Waals surface area contributed by atoms with E-state index in [2.05, 4.69) is 31.4 Å². The van der Waals surface area contributed by atoms with Crippen molar-refractivity contribution in [2.24, 2.45) is 0 Å². The van der Waals surface area contributed by atoms with Gasteiger partial charge in [-0.2, -0.15) is 0 Å². The maximum absolute atomic E-state index is 12.1. The highest BCUT2D eigenvalue weighted by Gasteiger charge is 2.12. The van der Waals surface area contributed by atoms with E-state index >= 15 is 0 Å². The molecule has 1 amide bonds. The average molecular weight is 434 g/mol. The van der Waals surface area contributed by atoms with Gasteiger partial charge in [0.15, 0.2) is 0 Å². The number of nitrogens with one attached hydrogen (secondary N) is 1. The molecule has 0 atom stereocenters. The minimum Gasteiger partial charge on any atom is -0.497 e. The Morgan fingerprint density at radius 2 is 2.00 bits per heavy atom. The van der Waals surface area contributed by atoms with E-state index in [0.717, 1.165) is 27.0 Å². The number of nitrogens with zero attached hydrogens (tertiary/aromatic N) is 2. The quantitative estimate of drug-likeness (QED) is 0.574. The minimum atomic E-state index is -0.138. The molecule has 0 spiro atoms. The van der Waals surface area contributed by atoms with Crippen LogP contribution in [0.1, 0.15) is 5.56 Å². The lowest BCUT2D eigenvalue weighted by atomic mass is 10.2. The van der Waals surface area contributed by atoms with Gasteiger partial charge in [-0.05, 0) is 55.0 Å². The van der Waals surface area contributed by atoms with Gasteiger partial charge in [0, 0.05) is 15.7 Å². The molecule has 0 aliphatic heterocycles. The van der Waals surface area contributed by atoms with Crippen LogP contribution >= 0.6 is 27.7 Å². The molecule has 0 aliphatic carbocycles. The molecule has 3 aromatic rings. The van der Waals surface area contributed by atoms with Gasteiger partial charge in [-0.25, -0.2) is 0 Å². The predicted molar refractivity (Wildman–Crippen MR) is 105 cm³/mol. The maximum Gasteiger partial charge on any atom is 0.277 e. The monoisotopic (exact) mass is 433 g/mol. The number of anilines is 1. The first-order valence-corrected chi connectivity index (χ1v) is 9.50. The number of hydrogen-bond donors (Lipinski definition) is 1. The molecule has 1 aromatic heterocycles. The van der Waals surface area contributed by atoms with Crippen LogP contribution in [-0.4, -0.2) is 29.0 Å². The number of carbonyl (C=O) groups is 1. The van der Waals surface area contributed by atoms with Crippen LogP contribution in [0.2, 0.25) is 0 Å². The number of rotatable bonds is 6. The van der Waals surface area contributed by atoms with Crippen LogP contribution < -0.4 is 10.1 Å². The Bertz CT molecular complexity index is 912. The first kappa shape index (κ1) is 18.5. The van der Waals surface area contributed by atoms with Crippen molar-refractivity contribution in [1.29, 1.82) is 0 Å². The smallest absolute Gasteiger partial charge is 0.277 e. The molecule has 0 bridgehead atoms. The summed E-state index contributed by atoms with van der Waals surface area (Å²) < 4.78 is 11.7. The van der Waals surface area contributed by atoms with Crippen molar-refractivity contribution < 1.29 is 13.9 Å². The zero-order valence-corrected chi connectivity index (χ0v) is 16.6. The van der Waals surface area contributed by atoms with Crippen LogP contribution in [0.15, 0.2) is 56.6 Å². The molecule has 3 rings (SSSR count). The summed E-state index contributed by atoms with van der Waals surface area (Å²) in [6.45, 7) is 1.97. The fourth-order valence-corrected chi connectivity index (χ4v) is 2.97. The highest BCUT2D eigenvalue weighted by atomic mass is 79.9. The number of carbonyl (C=O) groups excluding carboxylic acids is 1. The van der Waals surface area contributed by atoms with Crippen LogP contribution in [0.25, 0.3) is 11.5 Å². The largest absolute Gasteiger partial charge is 0.497 e. The third-order valence-electron chi connectivity index (χ3n) is 3.51. The lowest BCUT2D eigenvalue weighted by Gasteiger charge is -2.06. The van der Waals surface area contributed by atoms with Crippen LogP contribution in [-0.2, 0) is 4.79 Å². The molecule has 0 unspecified atom stereocenters. The molecular formula is C18H16BrN3O3S. The Morgan fingerprint density at radius 3 is 2.69 bits per heavy atom. The van der Waals surface area contributed by atoms with E-state index in [0.29, 0.717) is 11.1 Å². The second kappa shape index (κ2) is 8.37. The molecular weight excluding hydrogens is 418 g/mol. The fraction of sp³-hybridized carbons (Fsp3) is 0.167. The van der Waals surface area contributed by atoms with E-state index in [9.17, 15) is 4.79 Å². The third kappa shape index (κ3) is 4.64. The first-order valence-electron chi connectivity index (χ1n) is 7.72. The van der Waals surface area contributed by atoms with E-state index in [1.165, 1.54) is 11.8 Å². The molecule has 26 heavy (non-hydrogen) atoms. The lowest BCUT2D eigenvalue weighted by Crippen LogP contribution is -2.14. The Balaban J connectivity index is 1.56. The van der Waals surface area contributed by atoms with E-state index in [1.807, 2.05) is 49.4 Å². The van der Waals surface area contributed by atoms with Crippen LogP contribution in [0.5, 0.6) is 5.75 Å². The van der Waals surface area contributed by atoms with E-state index in [4.69, 9.17) is 9.15 Å². The third-order valence-corrected chi connectivity index (χ3v) is 5.22. The lowest BCUT2D eigenvalue weighted by molar-refractivity contribution is -0.113. The summed E-state index contributed by atoms with van der Waals surface area (Å²) in [5, 5.41) is 11.2. The van der Waals surface area contributed by atoms with Crippen molar-refractivity contribution in [3.63, 3.8) is 0 Å². The molecule has 0 radical (unpaired) electrons. The summed E-state index contributed by atoms with van der Waals surface area (Å²) in [7, 11) is 1.61. The van der Waals surface area contributed by atoms with Gasteiger partial charge < -0.3 is 14.5 Å². The number of hydrogen-bond acceptors (Lipinski definition) is 6. The summed E-state index contributed by atoms with van der Waals surface area (Å²) in [6, 6.07) is 13.0. The summed E-state index contributed by atoms with van der Waals surface area (Å²) in [4.78, 5) is 12.1. The van der Waals surface area contributed by atoms with Gasteiger partial charge >= 0.3 is 0 Å². The van der Waals surface area contributed by atoms with Crippen molar-refractivity contribution in [2.45, 2.75) is 12.1 Å². The number of amides is 1. The van der Waals surface area contributed by atoms with Gasteiger partial charge in [-0.3, -0.25) is 4.79 Å². The zero-order valence-electron chi connectivity index (χ0n) is 14.2. The number of halogens is 1. The van der Waals surface area contributed by atoms with Crippen molar-refractivity contribution in [2.75, 3.05) is 18.2 Å². The second-order valence-corrected chi connectivity index (χ2v) is 7.18. The van der Waals surface area contributed by atoms with Gasteiger partial charge in [-0.1, -0.05) is 27.7 Å². The Morgan fingerprint density at radius 1 is 1.23 bits per heavy atom. The highest BCUT2D eigenvalue weighted by molar-refractivity contribution is 9.10. The van der Waals surface area contributed by atoms with E-state index < -0.39 is 0 Å². The number of benzene rings is 2. The standard InChI is InChI=1S/C18H16BrN3O3S/c1-11-9-13(5-8-15(11)19)20-16(23)10-26-18-22-21-17(25-18)12-3-6-14(24-2)7-4-12/h3-9H,10H2,1-2H3,(H,20,23). The highest BCUT2D eigenvalue weighted by Crippen LogP contribution is 2.25. The summed E-state index contributed by atoms with van der Waals surface area (Å²) in [5.41, 5.74) is 2.59. The first-order chi connectivity index (χ1) is 12.5. The summed E-state index contributed by atoms with van der Waals surface area (Å²) >= 11 is 4.63. The van der Waals surface area contributed by atoms with Crippen LogP contribution in [0.4, 0.5) is 5.69 Å². The molecule has 0 aliphatic rings.